The molecule has 1 rings (SSSR count). The van der Waals surface area contributed by atoms with Crippen molar-refractivity contribution < 1.29 is 0 Å². The Morgan fingerprint density at radius 2 is 2.40 bits per heavy atom. The van der Waals surface area contributed by atoms with Crippen LogP contribution in [-0.4, -0.2) is 4.98 Å². The van der Waals surface area contributed by atoms with Crippen LogP contribution in [-0.2, 0) is 0 Å². The first-order chi connectivity index (χ1) is 4.74. The van der Waals surface area contributed by atoms with Crippen LogP contribution in [0.4, 0.5) is 0 Å². The molecule has 1 nitrogen and oxygen atoms in total. The SMILES string of the molecule is C#Cc1cc(C)c(Br)cn1. The average Bonchev–Trinajstić information content (AvgIpc) is 1.95. The summed E-state index contributed by atoms with van der Waals surface area (Å²) in [6, 6.07) is 1.87. The monoisotopic (exact) mass is 195 g/mol. The highest BCUT2D eigenvalue weighted by Crippen LogP contribution is 2.13. The third-order valence-electron chi connectivity index (χ3n) is 1.19. The van der Waals surface area contributed by atoms with Crippen LogP contribution in [0.15, 0.2) is 16.7 Å². The van der Waals surface area contributed by atoms with Gasteiger partial charge in [0, 0.05) is 10.7 Å². The Morgan fingerprint density at radius 1 is 1.70 bits per heavy atom. The summed E-state index contributed by atoms with van der Waals surface area (Å²) in [5.41, 5.74) is 1.80. The third-order valence-corrected chi connectivity index (χ3v) is 2.02. The molecule has 0 amide bonds. The van der Waals surface area contributed by atoms with Crippen molar-refractivity contribution in [3.63, 3.8) is 0 Å². The molecule has 1 aromatic heterocycles. The number of aromatic nitrogens is 1. The molecular weight excluding hydrogens is 190 g/mol. The molecule has 0 aromatic carbocycles. The van der Waals surface area contributed by atoms with E-state index in [2.05, 4.69) is 26.8 Å². The molecule has 0 aliphatic rings. The van der Waals surface area contributed by atoms with Gasteiger partial charge in [-0.25, -0.2) is 4.98 Å². The van der Waals surface area contributed by atoms with Crippen LogP contribution in [0, 0.1) is 19.3 Å². The second-order valence-electron chi connectivity index (χ2n) is 1.96. The second-order valence-corrected chi connectivity index (χ2v) is 2.82. The molecule has 0 aliphatic heterocycles. The minimum Gasteiger partial charge on any atom is -0.247 e. The molecule has 10 heavy (non-hydrogen) atoms. The van der Waals surface area contributed by atoms with Crippen molar-refractivity contribution in [2.75, 3.05) is 0 Å². The number of halogens is 1. The lowest BCUT2D eigenvalue weighted by atomic mass is 10.2. The molecule has 1 aromatic rings. The maximum Gasteiger partial charge on any atom is 0.113 e. The van der Waals surface area contributed by atoms with E-state index in [-0.39, 0.29) is 0 Å². The quantitative estimate of drug-likeness (QED) is 0.579. The molecule has 0 bridgehead atoms. The van der Waals surface area contributed by atoms with Crippen LogP contribution >= 0.6 is 15.9 Å². The molecule has 0 radical (unpaired) electrons. The number of aryl methyl sites for hydroxylation is 1. The van der Waals surface area contributed by atoms with Crippen molar-refractivity contribution in [2.45, 2.75) is 6.92 Å². The van der Waals surface area contributed by atoms with Crippen molar-refractivity contribution >= 4 is 15.9 Å². The summed E-state index contributed by atoms with van der Waals surface area (Å²) in [6.07, 6.45) is 6.85. The first-order valence-corrected chi connectivity index (χ1v) is 3.62. The molecular formula is C8H6BrN. The fourth-order valence-electron chi connectivity index (χ4n) is 0.618. The van der Waals surface area contributed by atoms with Gasteiger partial charge in [-0.1, -0.05) is 5.92 Å². The number of hydrogen-bond acceptors (Lipinski definition) is 1. The third kappa shape index (κ3) is 1.37. The zero-order chi connectivity index (χ0) is 7.56. The van der Waals surface area contributed by atoms with E-state index >= 15 is 0 Å². The van der Waals surface area contributed by atoms with Gasteiger partial charge in [0.1, 0.15) is 5.69 Å². The molecule has 0 spiro atoms. The van der Waals surface area contributed by atoms with Crippen molar-refractivity contribution in [3.05, 3.63) is 28.0 Å². The Balaban J connectivity index is 3.20. The summed E-state index contributed by atoms with van der Waals surface area (Å²) in [4.78, 5) is 3.97. The molecule has 0 saturated heterocycles. The van der Waals surface area contributed by atoms with Crippen LogP contribution < -0.4 is 0 Å². The molecule has 0 unspecified atom stereocenters. The summed E-state index contributed by atoms with van der Waals surface area (Å²) < 4.78 is 0.992. The average molecular weight is 196 g/mol. The van der Waals surface area contributed by atoms with Gasteiger partial charge in [0.05, 0.1) is 0 Å². The highest BCUT2D eigenvalue weighted by molar-refractivity contribution is 9.10. The molecule has 0 atom stereocenters. The normalized spacial score (nSPS) is 8.90. The van der Waals surface area contributed by atoms with Gasteiger partial charge in [-0.2, -0.15) is 0 Å². The van der Waals surface area contributed by atoms with Crippen molar-refractivity contribution in [1.82, 2.24) is 4.98 Å². The lowest BCUT2D eigenvalue weighted by Crippen LogP contribution is -1.83. The largest absolute Gasteiger partial charge is 0.247 e. The van der Waals surface area contributed by atoms with E-state index in [0.717, 1.165) is 10.0 Å². The Labute approximate surface area is 68.6 Å². The lowest BCUT2D eigenvalue weighted by molar-refractivity contribution is 1.23. The number of hydrogen-bond donors (Lipinski definition) is 0. The van der Waals surface area contributed by atoms with Gasteiger partial charge in [-0.15, -0.1) is 6.42 Å². The number of rotatable bonds is 0. The molecule has 0 aliphatic carbocycles. The predicted octanol–water partition coefficient (Wildman–Crippen LogP) is 2.13. The Kier molecular flexibility index (Phi) is 2.08. The van der Waals surface area contributed by atoms with Crippen LogP contribution in [0.3, 0.4) is 0 Å². The molecule has 0 saturated carbocycles. The topological polar surface area (TPSA) is 12.9 Å². The van der Waals surface area contributed by atoms with Gasteiger partial charge < -0.3 is 0 Å². The fraction of sp³-hybridized carbons (Fsp3) is 0.125. The molecule has 1 heterocycles. The van der Waals surface area contributed by atoms with E-state index in [9.17, 15) is 0 Å². The maximum absolute atomic E-state index is 5.14. The van der Waals surface area contributed by atoms with E-state index in [4.69, 9.17) is 6.42 Å². The molecule has 2 heteroatoms. The lowest BCUT2D eigenvalue weighted by Gasteiger charge is -1.95. The summed E-state index contributed by atoms with van der Waals surface area (Å²) in [5.74, 6) is 2.46. The summed E-state index contributed by atoms with van der Waals surface area (Å²) in [5, 5.41) is 0. The molecule has 0 N–H and O–H groups in total. The van der Waals surface area contributed by atoms with Gasteiger partial charge in [0.15, 0.2) is 0 Å². The van der Waals surface area contributed by atoms with E-state index in [1.165, 1.54) is 0 Å². The van der Waals surface area contributed by atoms with Gasteiger partial charge in [0.2, 0.25) is 0 Å². The Hall–Kier alpha value is -0.810. The fourth-order valence-corrected chi connectivity index (χ4v) is 0.835. The standard InChI is InChI=1S/C8H6BrN/c1-3-7-4-6(2)8(9)5-10-7/h1,4-5H,2H3. The first kappa shape index (κ1) is 7.30. The van der Waals surface area contributed by atoms with Gasteiger partial charge in [-0.3, -0.25) is 0 Å². The van der Waals surface area contributed by atoms with Crippen LogP contribution in [0.2, 0.25) is 0 Å². The predicted molar refractivity (Wildman–Crippen MR) is 44.6 cm³/mol. The van der Waals surface area contributed by atoms with Crippen LogP contribution in [0.5, 0.6) is 0 Å². The Bertz CT molecular complexity index is 286. The summed E-state index contributed by atoms with van der Waals surface area (Å²) >= 11 is 3.33. The molecule has 0 fully saturated rings. The van der Waals surface area contributed by atoms with E-state index in [1.807, 2.05) is 13.0 Å². The van der Waals surface area contributed by atoms with Gasteiger partial charge in [-0.05, 0) is 34.5 Å². The highest BCUT2D eigenvalue weighted by Gasteiger charge is 1.94. The minimum absolute atomic E-state index is 0.681. The van der Waals surface area contributed by atoms with Crippen molar-refractivity contribution in [2.24, 2.45) is 0 Å². The van der Waals surface area contributed by atoms with Crippen LogP contribution in [0.1, 0.15) is 11.3 Å². The van der Waals surface area contributed by atoms with E-state index in [1.54, 1.807) is 6.20 Å². The number of pyridine rings is 1. The summed E-state index contributed by atoms with van der Waals surface area (Å²) in [6.45, 7) is 1.98. The van der Waals surface area contributed by atoms with E-state index in [0.29, 0.717) is 5.69 Å². The van der Waals surface area contributed by atoms with Crippen LogP contribution in [0.25, 0.3) is 0 Å². The van der Waals surface area contributed by atoms with Gasteiger partial charge >= 0.3 is 0 Å². The van der Waals surface area contributed by atoms with Crippen molar-refractivity contribution in [1.29, 1.82) is 0 Å². The van der Waals surface area contributed by atoms with E-state index < -0.39 is 0 Å². The number of nitrogens with zero attached hydrogens (tertiary/aromatic N) is 1. The Morgan fingerprint density at radius 3 is 2.90 bits per heavy atom. The smallest absolute Gasteiger partial charge is 0.113 e. The summed E-state index contributed by atoms with van der Waals surface area (Å²) in [7, 11) is 0. The minimum atomic E-state index is 0.681. The zero-order valence-electron chi connectivity index (χ0n) is 5.56. The number of terminal acetylenes is 1. The highest BCUT2D eigenvalue weighted by atomic mass is 79.9. The molecule has 50 valence electrons. The first-order valence-electron chi connectivity index (χ1n) is 2.83. The zero-order valence-corrected chi connectivity index (χ0v) is 7.14. The van der Waals surface area contributed by atoms with Gasteiger partial charge in [0.25, 0.3) is 0 Å². The van der Waals surface area contributed by atoms with Crippen molar-refractivity contribution in [3.8, 4) is 12.3 Å². The maximum atomic E-state index is 5.14. The second kappa shape index (κ2) is 2.85.